The highest BCUT2D eigenvalue weighted by Crippen LogP contribution is 2.51. The molecule has 2 fully saturated rings. The van der Waals surface area contributed by atoms with Gasteiger partial charge < -0.3 is 9.84 Å². The molecule has 1 saturated carbocycles. The second-order valence-corrected chi connectivity index (χ2v) is 8.05. The average Bonchev–Trinajstić information content (AvgIpc) is 3.27. The Bertz CT molecular complexity index is 1040. The molecular weight excluding hydrogens is 354 g/mol. The number of hydrogen-bond acceptors (Lipinski definition) is 5. The monoisotopic (exact) mass is 377 g/mol. The summed E-state index contributed by atoms with van der Waals surface area (Å²) in [6.07, 6.45) is 5.03. The van der Waals surface area contributed by atoms with E-state index in [-0.39, 0.29) is 23.9 Å². The third kappa shape index (κ3) is 2.75. The molecule has 6 nitrogen and oxygen atoms in total. The van der Waals surface area contributed by atoms with Crippen LogP contribution in [-0.4, -0.2) is 37.2 Å². The van der Waals surface area contributed by atoms with E-state index in [1.54, 1.807) is 4.52 Å². The predicted molar refractivity (Wildman–Crippen MR) is 103 cm³/mol. The van der Waals surface area contributed by atoms with Gasteiger partial charge in [-0.25, -0.2) is 9.50 Å². The number of aliphatic hydroxyl groups is 1. The van der Waals surface area contributed by atoms with Gasteiger partial charge in [0.1, 0.15) is 11.9 Å². The number of hydrogen-bond donors (Lipinski definition) is 1. The lowest BCUT2D eigenvalue weighted by molar-refractivity contribution is -0.140. The molecule has 0 amide bonds. The second-order valence-electron chi connectivity index (χ2n) is 8.05. The number of rotatable bonds is 2. The predicted octanol–water partition coefficient (Wildman–Crippen LogP) is 3.14. The van der Waals surface area contributed by atoms with E-state index in [2.05, 4.69) is 16.1 Å². The lowest BCUT2D eigenvalue weighted by atomic mass is 9.76. The van der Waals surface area contributed by atoms with Crippen LogP contribution in [0.25, 0.3) is 5.65 Å². The number of carbonyl (C=O) groups excluding carboxylic acids is 1. The third-order valence-corrected chi connectivity index (χ3v) is 6.18. The van der Waals surface area contributed by atoms with Crippen molar-refractivity contribution in [3.05, 3.63) is 65.6 Å². The highest BCUT2D eigenvalue weighted by molar-refractivity contribution is 5.96. The summed E-state index contributed by atoms with van der Waals surface area (Å²) >= 11 is 0. The van der Waals surface area contributed by atoms with Crippen LogP contribution >= 0.6 is 0 Å². The van der Waals surface area contributed by atoms with Crippen LogP contribution in [0, 0.1) is 6.92 Å². The van der Waals surface area contributed by atoms with Crippen LogP contribution in [0.5, 0.6) is 0 Å². The van der Waals surface area contributed by atoms with E-state index in [4.69, 9.17) is 4.74 Å². The summed E-state index contributed by atoms with van der Waals surface area (Å²) in [7, 11) is 0. The van der Waals surface area contributed by atoms with Crippen molar-refractivity contribution in [1.82, 2.24) is 14.6 Å². The van der Waals surface area contributed by atoms with E-state index in [1.165, 1.54) is 6.33 Å². The Hall–Kier alpha value is -2.57. The molecule has 1 aromatic carbocycles. The highest BCUT2D eigenvalue weighted by Gasteiger charge is 2.56. The fourth-order valence-corrected chi connectivity index (χ4v) is 4.67. The number of aryl methyl sites for hydroxylation is 1. The van der Waals surface area contributed by atoms with Crippen LogP contribution < -0.4 is 0 Å². The lowest BCUT2D eigenvalue weighted by Crippen LogP contribution is -2.42. The zero-order valence-corrected chi connectivity index (χ0v) is 15.8. The van der Waals surface area contributed by atoms with Crippen LogP contribution in [-0.2, 0) is 9.53 Å². The Labute approximate surface area is 163 Å². The fourth-order valence-electron chi connectivity index (χ4n) is 4.67. The molecule has 3 aromatic rings. The number of aliphatic hydroxyl groups excluding tert-OH is 1. The Morgan fingerprint density at radius 1 is 1.18 bits per heavy atom. The number of benzene rings is 1. The zero-order chi connectivity index (χ0) is 19.3. The molecule has 2 unspecified atom stereocenters. The number of Topliss-reactive ketones (excluding diaryl/α,β-unsaturated/α-hetero) is 1. The van der Waals surface area contributed by atoms with E-state index in [9.17, 15) is 9.90 Å². The summed E-state index contributed by atoms with van der Waals surface area (Å²) in [4.78, 5) is 17.9. The van der Waals surface area contributed by atoms with E-state index < -0.39 is 5.60 Å². The van der Waals surface area contributed by atoms with Crippen molar-refractivity contribution < 1.29 is 14.6 Å². The lowest BCUT2D eigenvalue weighted by Gasteiger charge is -2.33. The minimum atomic E-state index is -0.810. The summed E-state index contributed by atoms with van der Waals surface area (Å²) in [5.41, 5.74) is 2.97. The minimum absolute atomic E-state index is 0.133. The van der Waals surface area contributed by atoms with E-state index in [0.717, 1.165) is 22.3 Å². The molecule has 0 bridgehead atoms. The SMILES string of the molecule is Cc1cccc(C2C(=O)C3(CCC(O)CC3)OC2c2ccc3ncnn3c2)c1. The quantitative estimate of drug-likeness (QED) is 0.742. The van der Waals surface area contributed by atoms with Gasteiger partial charge in [0.05, 0.1) is 18.1 Å². The van der Waals surface area contributed by atoms with Crippen LogP contribution in [0.2, 0.25) is 0 Å². The van der Waals surface area contributed by atoms with Gasteiger partial charge in [-0.3, -0.25) is 4.79 Å². The standard InChI is InChI=1S/C22H23N3O3/c1-14-3-2-4-15(11-14)19-20(16-5-6-18-23-13-24-25(18)12-16)28-22(21(19)27)9-7-17(26)8-10-22/h2-6,11-13,17,19-20,26H,7-10H2,1H3. The molecule has 0 radical (unpaired) electrons. The summed E-state index contributed by atoms with van der Waals surface area (Å²) < 4.78 is 8.26. The summed E-state index contributed by atoms with van der Waals surface area (Å²) in [5.74, 6) is -0.232. The van der Waals surface area contributed by atoms with Crippen LogP contribution in [0.15, 0.2) is 48.9 Å². The molecule has 6 heteroatoms. The molecule has 1 spiro atoms. The van der Waals surface area contributed by atoms with Gasteiger partial charge in [-0.1, -0.05) is 35.9 Å². The molecule has 1 aliphatic carbocycles. The highest BCUT2D eigenvalue weighted by atomic mass is 16.5. The zero-order valence-electron chi connectivity index (χ0n) is 15.8. The number of ketones is 1. The van der Waals surface area contributed by atoms with Gasteiger partial charge in [0.25, 0.3) is 0 Å². The summed E-state index contributed by atoms with van der Waals surface area (Å²) in [6, 6.07) is 12.0. The fraction of sp³-hybridized carbons (Fsp3) is 0.409. The Morgan fingerprint density at radius 3 is 2.79 bits per heavy atom. The number of nitrogens with zero attached hydrogens (tertiary/aromatic N) is 3. The maximum absolute atomic E-state index is 13.7. The van der Waals surface area contributed by atoms with Gasteiger partial charge in [-0.05, 0) is 44.2 Å². The minimum Gasteiger partial charge on any atom is -0.393 e. The molecule has 144 valence electrons. The first-order valence-electron chi connectivity index (χ1n) is 9.82. The van der Waals surface area contributed by atoms with Crippen molar-refractivity contribution in [2.75, 3.05) is 0 Å². The number of ether oxygens (including phenoxy) is 1. The second kappa shape index (κ2) is 6.50. The smallest absolute Gasteiger partial charge is 0.175 e. The molecule has 2 atom stereocenters. The molecule has 2 aromatic heterocycles. The average molecular weight is 377 g/mol. The Morgan fingerprint density at radius 2 is 2.00 bits per heavy atom. The maximum Gasteiger partial charge on any atom is 0.175 e. The first kappa shape index (κ1) is 17.5. The molecule has 1 saturated heterocycles. The number of fused-ring (bicyclic) bond motifs is 1. The molecule has 28 heavy (non-hydrogen) atoms. The van der Waals surface area contributed by atoms with Crippen LogP contribution in [0.4, 0.5) is 0 Å². The van der Waals surface area contributed by atoms with Crippen LogP contribution in [0.1, 0.15) is 54.4 Å². The van der Waals surface area contributed by atoms with E-state index in [1.807, 2.05) is 43.5 Å². The molecular formula is C22H23N3O3. The van der Waals surface area contributed by atoms with Crippen LogP contribution in [0.3, 0.4) is 0 Å². The van der Waals surface area contributed by atoms with Gasteiger partial charge in [0.15, 0.2) is 11.4 Å². The molecule has 3 heterocycles. The van der Waals surface area contributed by atoms with Gasteiger partial charge in [-0.15, -0.1) is 0 Å². The molecule has 5 rings (SSSR count). The van der Waals surface area contributed by atoms with Gasteiger partial charge in [0, 0.05) is 11.8 Å². The molecule has 1 N–H and O–H groups in total. The summed E-state index contributed by atoms with van der Waals surface area (Å²) in [6.45, 7) is 2.03. The van der Waals surface area contributed by atoms with E-state index >= 15 is 0 Å². The van der Waals surface area contributed by atoms with Gasteiger partial charge in [0.2, 0.25) is 0 Å². The summed E-state index contributed by atoms with van der Waals surface area (Å²) in [5, 5.41) is 14.2. The van der Waals surface area contributed by atoms with Gasteiger partial charge in [-0.2, -0.15) is 5.10 Å². The Balaban J connectivity index is 1.60. The van der Waals surface area contributed by atoms with Crippen molar-refractivity contribution in [3.63, 3.8) is 0 Å². The number of aromatic nitrogens is 3. The topological polar surface area (TPSA) is 76.7 Å². The first-order chi connectivity index (χ1) is 13.6. The largest absolute Gasteiger partial charge is 0.393 e. The van der Waals surface area contributed by atoms with Crippen molar-refractivity contribution in [2.45, 2.75) is 56.3 Å². The first-order valence-corrected chi connectivity index (χ1v) is 9.82. The normalized spacial score (nSPS) is 30.4. The maximum atomic E-state index is 13.7. The number of carbonyl (C=O) groups is 1. The third-order valence-electron chi connectivity index (χ3n) is 6.18. The van der Waals surface area contributed by atoms with E-state index in [0.29, 0.717) is 25.7 Å². The molecule has 2 aliphatic rings. The van der Waals surface area contributed by atoms with Crippen molar-refractivity contribution in [2.24, 2.45) is 0 Å². The van der Waals surface area contributed by atoms with Gasteiger partial charge >= 0.3 is 0 Å². The van der Waals surface area contributed by atoms with Crippen molar-refractivity contribution >= 4 is 11.4 Å². The van der Waals surface area contributed by atoms with Crippen molar-refractivity contribution in [3.8, 4) is 0 Å². The molecule has 1 aliphatic heterocycles. The number of pyridine rings is 1. The van der Waals surface area contributed by atoms with Crippen molar-refractivity contribution in [1.29, 1.82) is 0 Å². The Kier molecular flexibility index (Phi) is 4.07.